The molecule has 0 saturated heterocycles. The number of esters is 1. The summed E-state index contributed by atoms with van der Waals surface area (Å²) >= 11 is 5.82. The van der Waals surface area contributed by atoms with Crippen LogP contribution < -0.4 is 10.1 Å². The first kappa shape index (κ1) is 19.4. The zero-order chi connectivity index (χ0) is 18.9. The molecule has 0 aliphatic heterocycles. The first-order valence-electron chi connectivity index (χ1n) is 7.38. The lowest BCUT2D eigenvalue weighted by atomic mass is 10.2. The second kappa shape index (κ2) is 9.53. The maximum Gasteiger partial charge on any atom is 0.387 e. The van der Waals surface area contributed by atoms with E-state index in [1.165, 1.54) is 30.3 Å². The molecule has 2 aromatic rings. The van der Waals surface area contributed by atoms with E-state index in [1.807, 2.05) is 0 Å². The molecule has 5 nitrogen and oxygen atoms in total. The van der Waals surface area contributed by atoms with Gasteiger partial charge in [0.25, 0.3) is 5.91 Å². The first-order valence-corrected chi connectivity index (χ1v) is 7.76. The van der Waals surface area contributed by atoms with E-state index in [1.54, 1.807) is 24.3 Å². The molecule has 0 aliphatic rings. The molecular weight excluding hydrogens is 368 g/mol. The molecule has 1 amide bonds. The van der Waals surface area contributed by atoms with Crippen molar-refractivity contribution in [1.29, 1.82) is 0 Å². The molecule has 1 N–H and O–H groups in total. The van der Waals surface area contributed by atoms with Crippen LogP contribution in [0.5, 0.6) is 5.75 Å². The Labute approximate surface area is 153 Å². The molecule has 0 aromatic heterocycles. The van der Waals surface area contributed by atoms with Crippen LogP contribution in [0.25, 0.3) is 6.08 Å². The minimum atomic E-state index is -3.03. The highest BCUT2D eigenvalue weighted by Gasteiger charge is 2.12. The Hall–Kier alpha value is -2.93. The number of ether oxygens (including phenoxy) is 2. The van der Waals surface area contributed by atoms with Gasteiger partial charge in [-0.2, -0.15) is 8.78 Å². The molecule has 0 unspecified atom stereocenters. The van der Waals surface area contributed by atoms with Crippen LogP contribution in [-0.2, 0) is 14.3 Å². The van der Waals surface area contributed by atoms with Gasteiger partial charge in [-0.25, -0.2) is 4.79 Å². The van der Waals surface area contributed by atoms with Gasteiger partial charge >= 0.3 is 12.6 Å². The van der Waals surface area contributed by atoms with Gasteiger partial charge in [0.15, 0.2) is 6.61 Å². The van der Waals surface area contributed by atoms with Crippen LogP contribution in [0.1, 0.15) is 5.56 Å². The number of carbonyl (C=O) groups excluding carboxylic acids is 2. The third-order valence-corrected chi connectivity index (χ3v) is 3.22. The number of halogens is 3. The minimum Gasteiger partial charge on any atom is -0.452 e. The fourth-order valence-electron chi connectivity index (χ4n) is 1.91. The van der Waals surface area contributed by atoms with Crippen molar-refractivity contribution in [3.63, 3.8) is 0 Å². The smallest absolute Gasteiger partial charge is 0.387 e. The standard InChI is InChI=1S/C18H14ClF2NO4/c19-13-5-3-4-12(10-13)8-9-17(24)25-11-16(23)22-14-6-1-2-7-15(14)26-18(20)21/h1-10,18H,11H2,(H,22,23). The Balaban J connectivity index is 1.86. The third kappa shape index (κ3) is 6.52. The Bertz CT molecular complexity index is 811. The highest BCUT2D eigenvalue weighted by molar-refractivity contribution is 6.30. The average molecular weight is 382 g/mol. The molecule has 8 heteroatoms. The van der Waals surface area contributed by atoms with Gasteiger partial charge in [0.2, 0.25) is 0 Å². The van der Waals surface area contributed by atoms with Crippen molar-refractivity contribution < 1.29 is 27.8 Å². The maximum atomic E-state index is 12.3. The van der Waals surface area contributed by atoms with E-state index in [4.69, 9.17) is 16.3 Å². The SMILES string of the molecule is O=C(COC(=O)C=Cc1cccc(Cl)c1)Nc1ccccc1OC(F)F. The summed E-state index contributed by atoms with van der Waals surface area (Å²) < 4.78 is 33.7. The van der Waals surface area contributed by atoms with Crippen LogP contribution in [-0.4, -0.2) is 25.1 Å². The molecular formula is C18H14ClF2NO4. The van der Waals surface area contributed by atoms with Crippen LogP contribution >= 0.6 is 11.6 Å². The summed E-state index contributed by atoms with van der Waals surface area (Å²) in [6.45, 7) is -3.61. The number of nitrogens with one attached hydrogen (secondary N) is 1. The molecule has 0 aliphatic carbocycles. The summed E-state index contributed by atoms with van der Waals surface area (Å²) in [5, 5.41) is 2.85. The molecule has 136 valence electrons. The lowest BCUT2D eigenvalue weighted by molar-refractivity contribution is -0.142. The highest BCUT2D eigenvalue weighted by atomic mass is 35.5. The van der Waals surface area contributed by atoms with Crippen molar-refractivity contribution in [2.45, 2.75) is 6.61 Å². The van der Waals surface area contributed by atoms with E-state index in [0.29, 0.717) is 10.6 Å². The van der Waals surface area contributed by atoms with E-state index < -0.39 is 25.1 Å². The van der Waals surface area contributed by atoms with Gasteiger partial charge in [-0.05, 0) is 35.9 Å². The molecule has 0 fully saturated rings. The van der Waals surface area contributed by atoms with Crippen molar-refractivity contribution in [2.24, 2.45) is 0 Å². The van der Waals surface area contributed by atoms with Crippen LogP contribution in [0.2, 0.25) is 5.02 Å². The fraction of sp³-hybridized carbons (Fsp3) is 0.111. The number of carbonyl (C=O) groups is 2. The Kier molecular flexibility index (Phi) is 7.11. The van der Waals surface area contributed by atoms with Crippen LogP contribution in [0.4, 0.5) is 14.5 Å². The van der Waals surface area contributed by atoms with Crippen molar-refractivity contribution in [3.8, 4) is 5.75 Å². The maximum absolute atomic E-state index is 12.3. The monoisotopic (exact) mass is 381 g/mol. The van der Waals surface area contributed by atoms with Crippen molar-refractivity contribution >= 4 is 35.2 Å². The van der Waals surface area contributed by atoms with E-state index in [9.17, 15) is 18.4 Å². The molecule has 2 aromatic carbocycles. The van der Waals surface area contributed by atoms with Crippen LogP contribution in [0.3, 0.4) is 0 Å². The number of rotatable bonds is 7. The topological polar surface area (TPSA) is 64.6 Å². The number of amides is 1. The molecule has 0 bridgehead atoms. The Morgan fingerprint density at radius 2 is 1.92 bits per heavy atom. The number of benzene rings is 2. The van der Waals surface area contributed by atoms with Crippen molar-refractivity contribution in [2.75, 3.05) is 11.9 Å². The normalized spacial score (nSPS) is 10.8. The van der Waals surface area contributed by atoms with Crippen LogP contribution in [0, 0.1) is 0 Å². The van der Waals surface area contributed by atoms with Gasteiger partial charge in [0.1, 0.15) is 5.75 Å². The number of hydrogen-bond donors (Lipinski definition) is 1. The summed E-state index contributed by atoms with van der Waals surface area (Å²) in [5.41, 5.74) is 0.736. The van der Waals surface area contributed by atoms with Gasteiger partial charge in [-0.1, -0.05) is 35.9 Å². The van der Waals surface area contributed by atoms with E-state index in [0.717, 1.165) is 6.08 Å². The zero-order valence-corrected chi connectivity index (χ0v) is 14.1. The lowest BCUT2D eigenvalue weighted by Gasteiger charge is -2.11. The predicted octanol–water partition coefficient (Wildman–Crippen LogP) is 4.14. The molecule has 0 saturated carbocycles. The van der Waals surface area contributed by atoms with E-state index in [-0.39, 0.29) is 11.4 Å². The molecule has 0 atom stereocenters. The van der Waals surface area contributed by atoms with Gasteiger partial charge in [0.05, 0.1) is 5.69 Å². The molecule has 0 radical (unpaired) electrons. The Morgan fingerprint density at radius 3 is 2.65 bits per heavy atom. The molecule has 0 spiro atoms. The summed E-state index contributed by atoms with van der Waals surface area (Å²) in [6.07, 6.45) is 2.63. The fourth-order valence-corrected chi connectivity index (χ4v) is 2.11. The number of alkyl halides is 2. The first-order chi connectivity index (χ1) is 12.4. The second-order valence-electron chi connectivity index (χ2n) is 4.92. The number of para-hydroxylation sites is 2. The lowest BCUT2D eigenvalue weighted by Crippen LogP contribution is -2.20. The summed E-state index contributed by atoms with van der Waals surface area (Å²) in [5.74, 6) is -1.62. The average Bonchev–Trinajstić information content (AvgIpc) is 2.59. The van der Waals surface area contributed by atoms with Gasteiger partial charge in [0, 0.05) is 11.1 Å². The minimum absolute atomic E-state index is 0.0447. The number of hydrogen-bond acceptors (Lipinski definition) is 4. The summed E-state index contributed by atoms with van der Waals surface area (Å²) in [7, 11) is 0. The molecule has 26 heavy (non-hydrogen) atoms. The Morgan fingerprint density at radius 1 is 1.15 bits per heavy atom. The van der Waals surface area contributed by atoms with Gasteiger partial charge in [-0.15, -0.1) is 0 Å². The van der Waals surface area contributed by atoms with Crippen molar-refractivity contribution in [3.05, 3.63) is 65.2 Å². The largest absolute Gasteiger partial charge is 0.452 e. The second-order valence-corrected chi connectivity index (χ2v) is 5.36. The zero-order valence-electron chi connectivity index (χ0n) is 13.3. The summed E-state index contributed by atoms with van der Waals surface area (Å²) in [4.78, 5) is 23.4. The third-order valence-electron chi connectivity index (χ3n) is 2.98. The molecule has 2 rings (SSSR count). The quantitative estimate of drug-likeness (QED) is 0.578. The van der Waals surface area contributed by atoms with Gasteiger partial charge < -0.3 is 14.8 Å². The summed E-state index contributed by atoms with van der Waals surface area (Å²) in [6, 6.07) is 12.5. The van der Waals surface area contributed by atoms with Crippen LogP contribution in [0.15, 0.2) is 54.6 Å². The number of anilines is 1. The van der Waals surface area contributed by atoms with E-state index in [2.05, 4.69) is 10.1 Å². The highest BCUT2D eigenvalue weighted by Crippen LogP contribution is 2.25. The predicted molar refractivity (Wildman–Crippen MR) is 93.1 cm³/mol. The van der Waals surface area contributed by atoms with Gasteiger partial charge in [-0.3, -0.25) is 4.79 Å². The van der Waals surface area contributed by atoms with Crippen molar-refractivity contribution in [1.82, 2.24) is 0 Å². The molecule has 0 heterocycles. The van der Waals surface area contributed by atoms with E-state index >= 15 is 0 Å².